The lowest BCUT2D eigenvalue weighted by Gasteiger charge is -2.20. The van der Waals surface area contributed by atoms with Crippen molar-refractivity contribution in [1.29, 1.82) is 0 Å². The summed E-state index contributed by atoms with van der Waals surface area (Å²) < 4.78 is 11.4. The molecule has 0 amide bonds. The smallest absolute Gasteiger partial charge is 0.164 e. The predicted octanol–water partition coefficient (Wildman–Crippen LogP) is 2.06. The molecule has 1 saturated heterocycles. The average molecular weight is 210 g/mol. The Labute approximate surface area is 90.4 Å². The fourth-order valence-corrected chi connectivity index (χ4v) is 2.47. The molecular weight excluding hydrogens is 192 g/mol. The number of rotatable bonds is 3. The standard InChI is InChI=1S/C12H18O3/c1-4-5-6-8-7-9(13)11-10(8)14-12(2,3)15-11/h4,8,10-11H,1,5-7H2,2-3H3/t8-,10+,11-/m0/s1. The number of carbonyl (C=O) groups is 1. The second kappa shape index (κ2) is 3.72. The molecule has 0 N–H and O–H groups in total. The molecule has 1 aliphatic heterocycles. The molecule has 3 atom stereocenters. The summed E-state index contributed by atoms with van der Waals surface area (Å²) in [6, 6.07) is 0. The van der Waals surface area contributed by atoms with Crippen molar-refractivity contribution in [1.82, 2.24) is 0 Å². The van der Waals surface area contributed by atoms with Crippen LogP contribution in [0, 0.1) is 5.92 Å². The molecule has 1 saturated carbocycles. The predicted molar refractivity (Wildman–Crippen MR) is 56.4 cm³/mol. The molecule has 2 aliphatic rings. The van der Waals surface area contributed by atoms with Gasteiger partial charge in [0.25, 0.3) is 0 Å². The van der Waals surface area contributed by atoms with Gasteiger partial charge >= 0.3 is 0 Å². The molecule has 2 fully saturated rings. The van der Waals surface area contributed by atoms with Crippen molar-refractivity contribution in [3.05, 3.63) is 12.7 Å². The van der Waals surface area contributed by atoms with Crippen LogP contribution in [0.4, 0.5) is 0 Å². The van der Waals surface area contributed by atoms with E-state index >= 15 is 0 Å². The minimum Gasteiger partial charge on any atom is -0.344 e. The van der Waals surface area contributed by atoms with Gasteiger partial charge in [0.05, 0.1) is 6.10 Å². The quantitative estimate of drug-likeness (QED) is 0.669. The molecule has 3 heteroatoms. The highest BCUT2D eigenvalue weighted by molar-refractivity contribution is 5.86. The molecule has 15 heavy (non-hydrogen) atoms. The molecule has 1 heterocycles. The van der Waals surface area contributed by atoms with E-state index < -0.39 is 5.79 Å². The third-order valence-corrected chi connectivity index (χ3v) is 3.12. The van der Waals surface area contributed by atoms with E-state index in [1.54, 1.807) is 0 Å². The van der Waals surface area contributed by atoms with E-state index in [9.17, 15) is 4.79 Å². The Morgan fingerprint density at radius 3 is 2.93 bits per heavy atom. The summed E-state index contributed by atoms with van der Waals surface area (Å²) in [4.78, 5) is 11.7. The zero-order valence-corrected chi connectivity index (χ0v) is 9.36. The van der Waals surface area contributed by atoms with Crippen LogP contribution in [0.1, 0.15) is 33.1 Å². The van der Waals surface area contributed by atoms with Gasteiger partial charge in [-0.05, 0) is 32.6 Å². The van der Waals surface area contributed by atoms with E-state index in [4.69, 9.17) is 9.47 Å². The van der Waals surface area contributed by atoms with Gasteiger partial charge in [0.1, 0.15) is 6.10 Å². The Morgan fingerprint density at radius 1 is 1.53 bits per heavy atom. The first-order valence-electron chi connectivity index (χ1n) is 5.53. The summed E-state index contributed by atoms with van der Waals surface area (Å²) in [6.07, 6.45) is 4.03. The van der Waals surface area contributed by atoms with Crippen LogP contribution in [0.15, 0.2) is 12.7 Å². The summed E-state index contributed by atoms with van der Waals surface area (Å²) in [5.41, 5.74) is 0. The highest BCUT2D eigenvalue weighted by Gasteiger charge is 2.53. The van der Waals surface area contributed by atoms with Gasteiger partial charge in [-0.3, -0.25) is 4.79 Å². The maximum atomic E-state index is 11.7. The monoisotopic (exact) mass is 210 g/mol. The van der Waals surface area contributed by atoms with Crippen molar-refractivity contribution in [2.24, 2.45) is 5.92 Å². The van der Waals surface area contributed by atoms with Gasteiger partial charge in [-0.2, -0.15) is 0 Å². The molecule has 0 spiro atoms. The molecular formula is C12H18O3. The van der Waals surface area contributed by atoms with Crippen molar-refractivity contribution < 1.29 is 14.3 Å². The number of hydrogen-bond donors (Lipinski definition) is 0. The van der Waals surface area contributed by atoms with Gasteiger partial charge in [0, 0.05) is 6.42 Å². The van der Waals surface area contributed by atoms with E-state index in [0.717, 1.165) is 12.8 Å². The first-order chi connectivity index (χ1) is 7.03. The molecule has 2 rings (SSSR count). The van der Waals surface area contributed by atoms with Gasteiger partial charge in [-0.25, -0.2) is 0 Å². The average Bonchev–Trinajstić information content (AvgIpc) is 2.60. The summed E-state index contributed by atoms with van der Waals surface area (Å²) in [7, 11) is 0. The van der Waals surface area contributed by atoms with Crippen LogP contribution in [-0.4, -0.2) is 23.8 Å². The lowest BCUT2D eigenvalue weighted by atomic mass is 9.99. The molecule has 0 bridgehead atoms. The van der Waals surface area contributed by atoms with E-state index in [1.165, 1.54) is 0 Å². The first-order valence-corrected chi connectivity index (χ1v) is 5.53. The zero-order valence-electron chi connectivity index (χ0n) is 9.36. The number of ketones is 1. The number of Topliss-reactive ketones (excluding diaryl/α,β-unsaturated/α-hetero) is 1. The Kier molecular flexibility index (Phi) is 2.69. The number of fused-ring (bicyclic) bond motifs is 1. The molecule has 0 aromatic carbocycles. The normalized spacial score (nSPS) is 38.0. The van der Waals surface area contributed by atoms with E-state index in [0.29, 0.717) is 12.3 Å². The molecule has 1 aliphatic carbocycles. The Balaban J connectivity index is 2.05. The largest absolute Gasteiger partial charge is 0.344 e. The third kappa shape index (κ3) is 1.99. The number of hydrogen-bond acceptors (Lipinski definition) is 3. The van der Waals surface area contributed by atoms with E-state index in [2.05, 4.69) is 6.58 Å². The van der Waals surface area contributed by atoms with E-state index in [1.807, 2.05) is 19.9 Å². The zero-order chi connectivity index (χ0) is 11.1. The first kappa shape index (κ1) is 10.8. The van der Waals surface area contributed by atoms with Crippen molar-refractivity contribution >= 4 is 5.78 Å². The van der Waals surface area contributed by atoms with Gasteiger partial charge < -0.3 is 9.47 Å². The van der Waals surface area contributed by atoms with Crippen molar-refractivity contribution in [3.63, 3.8) is 0 Å². The van der Waals surface area contributed by atoms with Crippen LogP contribution >= 0.6 is 0 Å². The highest BCUT2D eigenvalue weighted by atomic mass is 16.8. The minimum absolute atomic E-state index is 0.0348. The third-order valence-electron chi connectivity index (χ3n) is 3.12. The Bertz CT molecular complexity index is 283. The Morgan fingerprint density at radius 2 is 2.27 bits per heavy atom. The van der Waals surface area contributed by atoms with Crippen LogP contribution in [0.25, 0.3) is 0 Å². The van der Waals surface area contributed by atoms with Crippen LogP contribution < -0.4 is 0 Å². The second-order valence-electron chi connectivity index (χ2n) is 4.82. The molecule has 0 unspecified atom stereocenters. The van der Waals surface area contributed by atoms with Crippen LogP contribution in [0.2, 0.25) is 0 Å². The summed E-state index contributed by atoms with van der Waals surface area (Å²) in [5, 5.41) is 0. The fourth-order valence-electron chi connectivity index (χ4n) is 2.47. The van der Waals surface area contributed by atoms with Crippen LogP contribution in [0.3, 0.4) is 0 Å². The number of carbonyl (C=O) groups excluding carboxylic acids is 1. The summed E-state index contributed by atoms with van der Waals surface area (Å²) in [6.45, 7) is 7.43. The maximum absolute atomic E-state index is 11.7. The van der Waals surface area contributed by atoms with Gasteiger partial charge in [0.2, 0.25) is 0 Å². The molecule has 0 aromatic rings. The number of allylic oxidation sites excluding steroid dienone is 1. The summed E-state index contributed by atoms with van der Waals surface area (Å²) in [5.74, 6) is -0.0976. The minimum atomic E-state index is -0.599. The number of ether oxygens (including phenoxy) is 2. The van der Waals surface area contributed by atoms with Crippen LogP contribution in [0.5, 0.6) is 0 Å². The lowest BCUT2D eigenvalue weighted by Crippen LogP contribution is -2.25. The van der Waals surface area contributed by atoms with Crippen molar-refractivity contribution in [2.75, 3.05) is 0 Å². The molecule has 84 valence electrons. The molecule has 0 aromatic heterocycles. The Hall–Kier alpha value is -0.670. The molecule has 0 radical (unpaired) electrons. The second-order valence-corrected chi connectivity index (χ2v) is 4.82. The highest BCUT2D eigenvalue weighted by Crippen LogP contribution is 2.41. The topological polar surface area (TPSA) is 35.5 Å². The maximum Gasteiger partial charge on any atom is 0.164 e. The summed E-state index contributed by atoms with van der Waals surface area (Å²) >= 11 is 0. The molecule has 3 nitrogen and oxygen atoms in total. The van der Waals surface area contributed by atoms with Gasteiger partial charge in [-0.15, -0.1) is 6.58 Å². The van der Waals surface area contributed by atoms with Gasteiger partial charge in [-0.1, -0.05) is 6.08 Å². The van der Waals surface area contributed by atoms with Gasteiger partial charge in [0.15, 0.2) is 11.6 Å². The fraction of sp³-hybridized carbons (Fsp3) is 0.750. The lowest BCUT2D eigenvalue weighted by molar-refractivity contribution is -0.163. The van der Waals surface area contributed by atoms with E-state index in [-0.39, 0.29) is 18.0 Å². The van der Waals surface area contributed by atoms with Crippen LogP contribution in [-0.2, 0) is 14.3 Å². The van der Waals surface area contributed by atoms with Crippen molar-refractivity contribution in [2.45, 2.75) is 51.1 Å². The SMILES string of the molecule is C=CCC[C@H]1CC(=O)[C@@H]2OC(C)(C)O[C@H]12. The van der Waals surface area contributed by atoms with Crippen molar-refractivity contribution in [3.8, 4) is 0 Å².